The number of hydrogen-bond donors (Lipinski definition) is 1. The lowest BCUT2D eigenvalue weighted by Crippen LogP contribution is -2.43. The molecule has 5 rings (SSSR count). The highest BCUT2D eigenvalue weighted by Crippen LogP contribution is 2.43. The summed E-state index contributed by atoms with van der Waals surface area (Å²) in [5.41, 5.74) is 5.36. The average molecular weight is 434 g/mol. The third-order valence-electron chi connectivity index (χ3n) is 6.65. The second-order valence-corrected chi connectivity index (χ2v) is 10.2. The van der Waals surface area contributed by atoms with Crippen LogP contribution in [-0.4, -0.2) is 22.0 Å². The molecule has 162 valence electrons. The molecular weight excluding hydrogens is 402 g/mol. The molecular formula is C26H31N3OS. The van der Waals surface area contributed by atoms with E-state index < -0.39 is 0 Å². The van der Waals surface area contributed by atoms with Crippen LogP contribution in [0.25, 0.3) is 5.00 Å². The lowest BCUT2D eigenvalue weighted by Gasteiger charge is -2.33. The minimum atomic E-state index is 0.0472. The topological polar surface area (TPSA) is 37.3 Å². The molecule has 1 N–H and O–H groups in total. The molecule has 1 aromatic carbocycles. The van der Waals surface area contributed by atoms with Gasteiger partial charge >= 0.3 is 6.03 Å². The number of rotatable bonds is 4. The first kappa shape index (κ1) is 20.4. The Labute approximate surface area is 188 Å². The van der Waals surface area contributed by atoms with Crippen LogP contribution in [0.5, 0.6) is 0 Å². The Bertz CT molecular complexity index is 1070. The molecule has 31 heavy (non-hydrogen) atoms. The van der Waals surface area contributed by atoms with Crippen molar-refractivity contribution in [2.75, 3.05) is 6.54 Å². The first-order valence-corrected chi connectivity index (χ1v) is 12.3. The number of thiophene rings is 1. The molecule has 1 aliphatic heterocycles. The van der Waals surface area contributed by atoms with E-state index in [0.29, 0.717) is 19.0 Å². The fourth-order valence-corrected chi connectivity index (χ4v) is 6.59. The summed E-state index contributed by atoms with van der Waals surface area (Å²) in [5.74, 6) is 0.332. The van der Waals surface area contributed by atoms with Gasteiger partial charge in [0.2, 0.25) is 0 Å². The van der Waals surface area contributed by atoms with Crippen molar-refractivity contribution >= 4 is 17.4 Å². The summed E-state index contributed by atoms with van der Waals surface area (Å²) in [6.07, 6.45) is 7.90. The van der Waals surface area contributed by atoms with Crippen molar-refractivity contribution < 1.29 is 4.79 Å². The zero-order valence-corrected chi connectivity index (χ0v) is 19.3. The molecule has 3 heterocycles. The van der Waals surface area contributed by atoms with Crippen LogP contribution in [0.2, 0.25) is 0 Å². The van der Waals surface area contributed by atoms with Crippen LogP contribution in [0.15, 0.2) is 48.7 Å². The number of urea groups is 1. The molecule has 1 aliphatic carbocycles. The summed E-state index contributed by atoms with van der Waals surface area (Å²) in [5, 5.41) is 4.55. The van der Waals surface area contributed by atoms with Gasteiger partial charge in [-0.05, 0) is 61.3 Å². The van der Waals surface area contributed by atoms with E-state index >= 15 is 0 Å². The molecule has 1 atom stereocenters. The second kappa shape index (κ2) is 8.54. The molecule has 0 spiro atoms. The summed E-state index contributed by atoms with van der Waals surface area (Å²) in [6, 6.07) is 14.8. The van der Waals surface area contributed by atoms with Gasteiger partial charge in [-0.25, -0.2) is 4.79 Å². The van der Waals surface area contributed by atoms with Crippen LogP contribution >= 0.6 is 11.3 Å². The summed E-state index contributed by atoms with van der Waals surface area (Å²) < 4.78 is 2.36. The molecule has 5 heteroatoms. The van der Waals surface area contributed by atoms with Crippen LogP contribution in [0.3, 0.4) is 0 Å². The maximum atomic E-state index is 13.5. The Kier molecular flexibility index (Phi) is 5.61. The van der Waals surface area contributed by atoms with Crippen molar-refractivity contribution in [3.05, 3.63) is 75.9 Å². The number of aromatic nitrogens is 1. The van der Waals surface area contributed by atoms with Gasteiger partial charge in [-0.15, -0.1) is 11.3 Å². The maximum absolute atomic E-state index is 13.5. The predicted molar refractivity (Wildman–Crippen MR) is 127 cm³/mol. The highest BCUT2D eigenvalue weighted by Gasteiger charge is 2.36. The van der Waals surface area contributed by atoms with Gasteiger partial charge < -0.3 is 14.8 Å². The zero-order valence-electron chi connectivity index (χ0n) is 18.4. The Morgan fingerprint density at radius 2 is 1.90 bits per heavy atom. The Morgan fingerprint density at radius 1 is 1.10 bits per heavy atom. The van der Waals surface area contributed by atoms with Crippen molar-refractivity contribution in [3.8, 4) is 5.00 Å². The highest BCUT2D eigenvalue weighted by molar-refractivity contribution is 7.15. The molecule has 0 fully saturated rings. The highest BCUT2D eigenvalue weighted by atomic mass is 32.1. The van der Waals surface area contributed by atoms with Crippen molar-refractivity contribution in [1.29, 1.82) is 0 Å². The number of amides is 2. The lowest BCUT2D eigenvalue weighted by molar-refractivity contribution is 0.149. The number of fused-ring (bicyclic) bond motifs is 5. The molecule has 2 aliphatic rings. The van der Waals surface area contributed by atoms with Gasteiger partial charge in [0.25, 0.3) is 0 Å². The predicted octanol–water partition coefficient (Wildman–Crippen LogP) is 5.88. The van der Waals surface area contributed by atoms with Gasteiger partial charge in [0.15, 0.2) is 0 Å². The van der Waals surface area contributed by atoms with Crippen LogP contribution < -0.4 is 5.32 Å². The molecule has 0 radical (unpaired) electrons. The Hall–Kier alpha value is -2.53. The normalized spacial score (nSPS) is 17.6. The first-order chi connectivity index (χ1) is 15.1. The summed E-state index contributed by atoms with van der Waals surface area (Å²) in [7, 11) is 0. The van der Waals surface area contributed by atoms with E-state index in [1.54, 1.807) is 0 Å². The Balaban J connectivity index is 1.46. The van der Waals surface area contributed by atoms with Crippen molar-refractivity contribution in [2.24, 2.45) is 5.92 Å². The van der Waals surface area contributed by atoms with Crippen molar-refractivity contribution in [1.82, 2.24) is 14.8 Å². The number of carbonyl (C=O) groups is 1. The van der Waals surface area contributed by atoms with Gasteiger partial charge in [-0.3, -0.25) is 0 Å². The van der Waals surface area contributed by atoms with Gasteiger partial charge in [0.05, 0.1) is 12.6 Å². The molecule has 4 nitrogen and oxygen atoms in total. The third kappa shape index (κ3) is 3.80. The smallest absolute Gasteiger partial charge is 0.318 e. The number of nitrogens with zero attached hydrogens (tertiary/aromatic N) is 2. The van der Waals surface area contributed by atoms with E-state index in [-0.39, 0.29) is 12.1 Å². The second-order valence-electron chi connectivity index (χ2n) is 9.08. The monoisotopic (exact) mass is 433 g/mol. The van der Waals surface area contributed by atoms with Gasteiger partial charge in [0, 0.05) is 28.9 Å². The minimum Gasteiger partial charge on any atom is -0.338 e. The number of aryl methyl sites for hydroxylation is 1. The minimum absolute atomic E-state index is 0.0472. The zero-order chi connectivity index (χ0) is 21.4. The maximum Gasteiger partial charge on any atom is 0.318 e. The van der Waals surface area contributed by atoms with Gasteiger partial charge in [-0.2, -0.15) is 0 Å². The van der Waals surface area contributed by atoms with Gasteiger partial charge in [0.1, 0.15) is 5.00 Å². The van der Waals surface area contributed by atoms with Crippen LogP contribution in [0, 0.1) is 5.92 Å². The van der Waals surface area contributed by atoms with Crippen LogP contribution in [-0.2, 0) is 25.8 Å². The standard InChI is InChI=1S/C26H31N3OS/c1-18(2)24-22-12-8-16-28(22)25-21(20-11-6-7-13-23(20)31-25)17-29(24)26(30)27-15-14-19-9-4-3-5-10-19/h3-5,8-10,12,16,18,24H,6-7,11,13-15,17H2,1-2H3,(H,27,30). The number of hydrogen-bond acceptors (Lipinski definition) is 2. The van der Waals surface area contributed by atoms with Crippen LogP contribution in [0.1, 0.15) is 60.0 Å². The molecule has 0 bridgehead atoms. The fourth-order valence-electron chi connectivity index (χ4n) is 5.18. The summed E-state index contributed by atoms with van der Waals surface area (Å²) in [4.78, 5) is 17.1. The van der Waals surface area contributed by atoms with E-state index in [0.717, 1.165) is 12.8 Å². The lowest BCUT2D eigenvalue weighted by atomic mass is 9.94. The summed E-state index contributed by atoms with van der Waals surface area (Å²) >= 11 is 1.95. The molecule has 1 unspecified atom stereocenters. The van der Waals surface area contributed by atoms with E-state index in [1.807, 2.05) is 17.4 Å². The molecule has 0 saturated carbocycles. The molecule has 3 aromatic rings. The van der Waals surface area contributed by atoms with Gasteiger partial charge in [-0.1, -0.05) is 44.2 Å². The largest absolute Gasteiger partial charge is 0.338 e. The van der Waals surface area contributed by atoms with E-state index in [9.17, 15) is 4.79 Å². The SMILES string of the molecule is CC(C)C1c2cccn2-c2sc3c(c2CN1C(=O)NCCc1ccccc1)CCCC3. The summed E-state index contributed by atoms with van der Waals surface area (Å²) in [6.45, 7) is 5.80. The first-order valence-electron chi connectivity index (χ1n) is 11.5. The van der Waals surface area contributed by atoms with E-state index in [2.05, 4.69) is 71.2 Å². The number of carbonyl (C=O) groups excluding carboxylic acids is 1. The Morgan fingerprint density at radius 3 is 2.71 bits per heavy atom. The molecule has 2 amide bonds. The van der Waals surface area contributed by atoms with Crippen LogP contribution in [0.4, 0.5) is 4.79 Å². The van der Waals surface area contributed by atoms with Crippen molar-refractivity contribution in [3.63, 3.8) is 0 Å². The molecule has 2 aromatic heterocycles. The fraction of sp³-hybridized carbons (Fsp3) is 0.423. The number of benzene rings is 1. The number of nitrogens with one attached hydrogen (secondary N) is 1. The third-order valence-corrected chi connectivity index (χ3v) is 7.98. The average Bonchev–Trinajstić information content (AvgIpc) is 3.36. The van der Waals surface area contributed by atoms with E-state index in [4.69, 9.17) is 0 Å². The quantitative estimate of drug-likeness (QED) is 0.548. The van der Waals surface area contributed by atoms with E-state index in [1.165, 1.54) is 51.5 Å². The molecule has 0 saturated heterocycles. The van der Waals surface area contributed by atoms with Crippen molar-refractivity contribution in [2.45, 2.75) is 58.5 Å².